The minimum absolute atomic E-state index is 0.0120. The van der Waals surface area contributed by atoms with E-state index >= 15 is 0 Å². The largest absolute Gasteiger partial charge is 0.454 e. The lowest BCUT2D eigenvalue weighted by atomic mass is 10.1. The van der Waals surface area contributed by atoms with Crippen LogP contribution in [0.1, 0.15) is 16.1 Å². The number of aromatic nitrogens is 1. The fraction of sp³-hybridized carbons (Fsp3) is 0.111. The summed E-state index contributed by atoms with van der Waals surface area (Å²) in [5.41, 5.74) is 1.29. The summed E-state index contributed by atoms with van der Waals surface area (Å²) in [7, 11) is 0. The molecule has 2 heterocycles. The van der Waals surface area contributed by atoms with Gasteiger partial charge >= 0.3 is 0 Å². The Kier molecular flexibility index (Phi) is 3.81. The summed E-state index contributed by atoms with van der Waals surface area (Å²) in [6.07, 6.45) is 0. The maximum atomic E-state index is 13.6. The van der Waals surface area contributed by atoms with E-state index in [4.69, 9.17) is 14.0 Å². The number of hydrogen-bond acceptors (Lipinski definition) is 5. The molecule has 1 aliphatic heterocycles. The van der Waals surface area contributed by atoms with Crippen molar-refractivity contribution in [2.24, 2.45) is 0 Å². The number of carbonyl (C=O) groups is 1. The molecule has 6 nitrogen and oxygen atoms in total. The smallest absolute Gasteiger partial charge is 0.254 e. The summed E-state index contributed by atoms with van der Waals surface area (Å²) >= 11 is 0. The minimum atomic E-state index is -0.568. The second-order valence-electron chi connectivity index (χ2n) is 5.41. The summed E-state index contributed by atoms with van der Waals surface area (Å²) in [6, 6.07) is 12.9. The number of rotatable bonds is 4. The second-order valence-corrected chi connectivity index (χ2v) is 5.41. The summed E-state index contributed by atoms with van der Waals surface area (Å²) in [5.74, 6) is 0.782. The van der Waals surface area contributed by atoms with Crippen molar-refractivity contribution < 1.29 is 23.2 Å². The van der Waals surface area contributed by atoms with Gasteiger partial charge in [0.15, 0.2) is 17.3 Å². The fourth-order valence-electron chi connectivity index (χ4n) is 2.49. The third-order valence-electron chi connectivity index (χ3n) is 3.76. The Morgan fingerprint density at radius 2 is 1.96 bits per heavy atom. The molecule has 4 rings (SSSR count). The molecular formula is C18H13FN2O4. The first-order valence-electron chi connectivity index (χ1n) is 7.59. The van der Waals surface area contributed by atoms with E-state index in [-0.39, 0.29) is 18.9 Å². The first-order valence-corrected chi connectivity index (χ1v) is 7.59. The lowest BCUT2D eigenvalue weighted by molar-refractivity contribution is 0.0946. The topological polar surface area (TPSA) is 73.6 Å². The number of nitrogens with one attached hydrogen (secondary N) is 1. The fourth-order valence-corrected chi connectivity index (χ4v) is 2.49. The standard InChI is InChI=1S/C18H13FN2O4/c19-14-4-2-1-3-13(14)18(22)20-9-12-8-16(25-21-12)11-5-6-15-17(7-11)24-10-23-15/h1-8H,9-10H2,(H,20,22). The SMILES string of the molecule is O=C(NCc1cc(-c2ccc3c(c2)OCO3)on1)c1ccccc1F. The van der Waals surface area contributed by atoms with Crippen molar-refractivity contribution in [2.75, 3.05) is 6.79 Å². The van der Waals surface area contributed by atoms with Gasteiger partial charge in [0.25, 0.3) is 5.91 Å². The lowest BCUT2D eigenvalue weighted by Gasteiger charge is -2.03. The van der Waals surface area contributed by atoms with E-state index < -0.39 is 11.7 Å². The highest BCUT2D eigenvalue weighted by Gasteiger charge is 2.16. The summed E-state index contributed by atoms with van der Waals surface area (Å²) in [5, 5.41) is 6.54. The van der Waals surface area contributed by atoms with Gasteiger partial charge in [-0.1, -0.05) is 17.3 Å². The quantitative estimate of drug-likeness (QED) is 0.790. The van der Waals surface area contributed by atoms with Crippen LogP contribution in [0.25, 0.3) is 11.3 Å². The van der Waals surface area contributed by atoms with Gasteiger partial charge in [-0.15, -0.1) is 0 Å². The van der Waals surface area contributed by atoms with Gasteiger partial charge in [-0.2, -0.15) is 0 Å². The molecule has 3 aromatic rings. The van der Waals surface area contributed by atoms with Gasteiger partial charge in [0.2, 0.25) is 6.79 Å². The van der Waals surface area contributed by atoms with Crippen LogP contribution in [0.3, 0.4) is 0 Å². The van der Waals surface area contributed by atoms with E-state index in [1.165, 1.54) is 18.2 Å². The Morgan fingerprint density at radius 3 is 2.84 bits per heavy atom. The molecule has 0 atom stereocenters. The van der Waals surface area contributed by atoms with Crippen LogP contribution in [0.2, 0.25) is 0 Å². The zero-order chi connectivity index (χ0) is 17.2. The van der Waals surface area contributed by atoms with Crippen LogP contribution in [0.15, 0.2) is 53.1 Å². The van der Waals surface area contributed by atoms with Crippen LogP contribution in [0.5, 0.6) is 11.5 Å². The number of carbonyl (C=O) groups excluding carboxylic acids is 1. The Morgan fingerprint density at radius 1 is 1.12 bits per heavy atom. The molecule has 0 fully saturated rings. The molecule has 1 aromatic heterocycles. The molecule has 1 aliphatic rings. The molecule has 2 aromatic carbocycles. The van der Waals surface area contributed by atoms with Crippen LogP contribution >= 0.6 is 0 Å². The van der Waals surface area contributed by atoms with Gasteiger partial charge in [0.1, 0.15) is 11.5 Å². The molecule has 7 heteroatoms. The van der Waals surface area contributed by atoms with Gasteiger partial charge in [-0.25, -0.2) is 4.39 Å². The Balaban J connectivity index is 1.45. The number of benzene rings is 2. The molecule has 25 heavy (non-hydrogen) atoms. The van der Waals surface area contributed by atoms with E-state index in [1.807, 2.05) is 6.07 Å². The molecule has 0 saturated heterocycles. The number of halogens is 1. The van der Waals surface area contributed by atoms with Crippen LogP contribution in [-0.2, 0) is 6.54 Å². The maximum absolute atomic E-state index is 13.6. The highest BCUT2D eigenvalue weighted by molar-refractivity contribution is 5.94. The van der Waals surface area contributed by atoms with Gasteiger partial charge in [0, 0.05) is 11.6 Å². The van der Waals surface area contributed by atoms with Gasteiger partial charge in [-0.05, 0) is 30.3 Å². The molecule has 126 valence electrons. The third-order valence-corrected chi connectivity index (χ3v) is 3.76. The molecule has 1 amide bonds. The molecule has 0 radical (unpaired) electrons. The van der Waals surface area contributed by atoms with Gasteiger partial charge in [-0.3, -0.25) is 4.79 Å². The minimum Gasteiger partial charge on any atom is -0.454 e. The van der Waals surface area contributed by atoms with E-state index in [9.17, 15) is 9.18 Å². The average molecular weight is 340 g/mol. The molecule has 0 aliphatic carbocycles. The van der Waals surface area contributed by atoms with E-state index in [2.05, 4.69) is 10.5 Å². The van der Waals surface area contributed by atoms with Crippen molar-refractivity contribution in [3.63, 3.8) is 0 Å². The Bertz CT molecular complexity index is 938. The van der Waals surface area contributed by atoms with Crippen molar-refractivity contribution >= 4 is 5.91 Å². The van der Waals surface area contributed by atoms with Crippen molar-refractivity contribution in [1.82, 2.24) is 10.5 Å². The van der Waals surface area contributed by atoms with E-state index in [0.29, 0.717) is 23.0 Å². The number of ether oxygens (including phenoxy) is 2. The van der Waals surface area contributed by atoms with Crippen LogP contribution in [0.4, 0.5) is 4.39 Å². The first-order chi connectivity index (χ1) is 12.2. The first kappa shape index (κ1) is 15.2. The maximum Gasteiger partial charge on any atom is 0.254 e. The van der Waals surface area contributed by atoms with Crippen molar-refractivity contribution in [3.05, 3.63) is 65.6 Å². The third kappa shape index (κ3) is 3.03. The number of fused-ring (bicyclic) bond motifs is 1. The van der Waals surface area contributed by atoms with Gasteiger partial charge < -0.3 is 19.3 Å². The molecule has 0 spiro atoms. The van der Waals surface area contributed by atoms with Crippen LogP contribution < -0.4 is 14.8 Å². The zero-order valence-electron chi connectivity index (χ0n) is 13.0. The lowest BCUT2D eigenvalue weighted by Crippen LogP contribution is -2.23. The normalized spacial score (nSPS) is 12.2. The van der Waals surface area contributed by atoms with E-state index in [0.717, 1.165) is 5.56 Å². The monoisotopic (exact) mass is 340 g/mol. The van der Waals surface area contributed by atoms with Crippen molar-refractivity contribution in [1.29, 1.82) is 0 Å². The summed E-state index contributed by atoms with van der Waals surface area (Å²) in [6.45, 7) is 0.323. The zero-order valence-corrected chi connectivity index (χ0v) is 13.0. The van der Waals surface area contributed by atoms with Gasteiger partial charge in [0.05, 0.1) is 12.1 Å². The number of amides is 1. The van der Waals surface area contributed by atoms with Crippen molar-refractivity contribution in [3.8, 4) is 22.8 Å². The van der Waals surface area contributed by atoms with Crippen molar-refractivity contribution in [2.45, 2.75) is 6.54 Å². The Labute approximate surface area is 142 Å². The van der Waals surface area contributed by atoms with Crippen LogP contribution in [0, 0.1) is 5.82 Å². The van der Waals surface area contributed by atoms with Crippen LogP contribution in [-0.4, -0.2) is 17.9 Å². The number of nitrogens with zero attached hydrogens (tertiary/aromatic N) is 1. The average Bonchev–Trinajstić information content (AvgIpc) is 3.28. The molecule has 0 bridgehead atoms. The molecular weight excluding hydrogens is 327 g/mol. The summed E-state index contributed by atoms with van der Waals surface area (Å²) in [4.78, 5) is 12.0. The predicted octanol–water partition coefficient (Wildman–Crippen LogP) is 3.14. The number of hydrogen-bond donors (Lipinski definition) is 1. The second kappa shape index (κ2) is 6.27. The highest BCUT2D eigenvalue weighted by Crippen LogP contribution is 2.35. The predicted molar refractivity (Wildman–Crippen MR) is 85.6 cm³/mol. The summed E-state index contributed by atoms with van der Waals surface area (Å²) < 4.78 is 29.5. The molecule has 0 saturated carbocycles. The molecule has 1 N–H and O–H groups in total. The molecule has 0 unspecified atom stereocenters. The Hall–Kier alpha value is -3.35. The highest BCUT2D eigenvalue weighted by atomic mass is 19.1. The van der Waals surface area contributed by atoms with E-state index in [1.54, 1.807) is 24.3 Å².